The van der Waals surface area contributed by atoms with Crippen LogP contribution >= 0.6 is 11.3 Å². The molecule has 2 fully saturated rings. The fourth-order valence-corrected chi connectivity index (χ4v) is 5.22. The molecule has 4 rings (SSSR count). The quantitative estimate of drug-likeness (QED) is 0.676. The first-order chi connectivity index (χ1) is 13.3. The second kappa shape index (κ2) is 8.67. The van der Waals surface area contributed by atoms with Crippen molar-refractivity contribution in [2.45, 2.75) is 44.4 Å². The monoisotopic (exact) mass is 387 g/mol. The van der Waals surface area contributed by atoms with Crippen LogP contribution in [0.5, 0.6) is 5.88 Å². The molecule has 146 valence electrons. The number of pyridine rings is 1. The molecule has 2 aliphatic heterocycles. The summed E-state index contributed by atoms with van der Waals surface area (Å²) in [6.45, 7) is 7.95. The minimum absolute atomic E-state index is 0.0710. The first-order valence-electron chi connectivity index (χ1n) is 10.1. The summed E-state index contributed by atoms with van der Waals surface area (Å²) in [6.07, 6.45) is 7.64. The summed E-state index contributed by atoms with van der Waals surface area (Å²) in [5, 5.41) is 3.32. The highest BCUT2D eigenvalue weighted by Crippen LogP contribution is 2.42. The third-order valence-electron chi connectivity index (χ3n) is 5.73. The molecule has 2 saturated heterocycles. The average molecular weight is 388 g/mol. The minimum atomic E-state index is -0.0710. The SMILES string of the molecule is Cc1csc(C2(c3ccc(OCCCN4CCCC4)nc3)CCOCC2)n1. The molecular weight excluding hydrogens is 358 g/mol. The molecule has 0 saturated carbocycles. The summed E-state index contributed by atoms with van der Waals surface area (Å²) in [5.74, 6) is 0.720. The van der Waals surface area contributed by atoms with E-state index >= 15 is 0 Å². The van der Waals surface area contributed by atoms with Gasteiger partial charge in [0.05, 0.1) is 12.0 Å². The zero-order valence-electron chi connectivity index (χ0n) is 16.2. The first kappa shape index (κ1) is 18.8. The van der Waals surface area contributed by atoms with Gasteiger partial charge in [-0.25, -0.2) is 9.97 Å². The molecular formula is C21H29N3O2S. The molecule has 5 nitrogen and oxygen atoms in total. The largest absolute Gasteiger partial charge is 0.478 e. The number of nitrogens with zero attached hydrogens (tertiary/aromatic N) is 3. The molecule has 0 atom stereocenters. The van der Waals surface area contributed by atoms with E-state index in [9.17, 15) is 0 Å². The Morgan fingerprint density at radius 1 is 1.22 bits per heavy atom. The number of ether oxygens (including phenoxy) is 2. The van der Waals surface area contributed by atoms with Gasteiger partial charge in [0.25, 0.3) is 0 Å². The maximum atomic E-state index is 5.88. The molecule has 0 amide bonds. The van der Waals surface area contributed by atoms with E-state index in [1.807, 2.05) is 12.3 Å². The summed E-state index contributed by atoms with van der Waals surface area (Å²) in [7, 11) is 0. The second-order valence-electron chi connectivity index (χ2n) is 7.62. The number of hydrogen-bond donors (Lipinski definition) is 0. The Hall–Kier alpha value is -1.50. The summed E-state index contributed by atoms with van der Waals surface area (Å²) in [4.78, 5) is 11.9. The van der Waals surface area contributed by atoms with Gasteiger partial charge in [0, 0.05) is 43.1 Å². The zero-order valence-corrected chi connectivity index (χ0v) is 17.0. The molecule has 2 aromatic rings. The van der Waals surface area contributed by atoms with E-state index < -0.39 is 0 Å². The smallest absolute Gasteiger partial charge is 0.213 e. The Labute approximate surface area is 165 Å². The van der Waals surface area contributed by atoms with Crippen LogP contribution in [0.1, 0.15) is 48.4 Å². The number of aryl methyl sites for hydroxylation is 1. The van der Waals surface area contributed by atoms with Gasteiger partial charge in [0.15, 0.2) is 0 Å². The lowest BCUT2D eigenvalue weighted by Gasteiger charge is -2.35. The molecule has 2 aliphatic rings. The molecule has 4 heterocycles. The highest BCUT2D eigenvalue weighted by Gasteiger charge is 2.39. The predicted molar refractivity (Wildman–Crippen MR) is 108 cm³/mol. The van der Waals surface area contributed by atoms with Crippen LogP contribution in [0.3, 0.4) is 0 Å². The molecule has 0 spiro atoms. The molecule has 27 heavy (non-hydrogen) atoms. The zero-order chi connectivity index (χ0) is 18.5. The molecule has 0 radical (unpaired) electrons. The molecule has 0 aliphatic carbocycles. The van der Waals surface area contributed by atoms with E-state index in [4.69, 9.17) is 14.5 Å². The van der Waals surface area contributed by atoms with Crippen molar-refractivity contribution in [3.05, 3.63) is 40.0 Å². The lowest BCUT2D eigenvalue weighted by atomic mass is 9.75. The van der Waals surface area contributed by atoms with Crippen molar-refractivity contribution in [3.63, 3.8) is 0 Å². The van der Waals surface area contributed by atoms with Gasteiger partial charge in [-0.15, -0.1) is 11.3 Å². The van der Waals surface area contributed by atoms with Crippen LogP contribution in [-0.2, 0) is 10.2 Å². The second-order valence-corrected chi connectivity index (χ2v) is 8.48. The van der Waals surface area contributed by atoms with Crippen molar-refractivity contribution in [1.29, 1.82) is 0 Å². The van der Waals surface area contributed by atoms with Gasteiger partial charge in [-0.1, -0.05) is 6.07 Å². The lowest BCUT2D eigenvalue weighted by Crippen LogP contribution is -2.35. The van der Waals surface area contributed by atoms with Crippen LogP contribution in [0.15, 0.2) is 23.7 Å². The van der Waals surface area contributed by atoms with Gasteiger partial charge in [0.2, 0.25) is 5.88 Å². The Morgan fingerprint density at radius 3 is 2.70 bits per heavy atom. The van der Waals surface area contributed by atoms with Crippen LogP contribution in [0, 0.1) is 6.92 Å². The van der Waals surface area contributed by atoms with Crippen LogP contribution in [0.2, 0.25) is 0 Å². The Kier molecular flexibility index (Phi) is 6.05. The average Bonchev–Trinajstić information content (AvgIpc) is 3.38. The van der Waals surface area contributed by atoms with E-state index in [1.54, 1.807) is 11.3 Å². The van der Waals surface area contributed by atoms with E-state index in [2.05, 4.69) is 28.3 Å². The van der Waals surface area contributed by atoms with Gasteiger partial charge < -0.3 is 14.4 Å². The highest BCUT2D eigenvalue weighted by molar-refractivity contribution is 7.09. The van der Waals surface area contributed by atoms with E-state index in [0.717, 1.165) is 57.2 Å². The molecule has 2 aromatic heterocycles. The van der Waals surface area contributed by atoms with Crippen molar-refractivity contribution in [3.8, 4) is 5.88 Å². The maximum Gasteiger partial charge on any atom is 0.213 e. The number of likely N-dealkylation sites (tertiary alicyclic amines) is 1. The third kappa shape index (κ3) is 4.33. The number of aromatic nitrogens is 2. The van der Waals surface area contributed by atoms with E-state index in [1.165, 1.54) is 36.5 Å². The van der Waals surface area contributed by atoms with Crippen LogP contribution in [0.25, 0.3) is 0 Å². The summed E-state index contributed by atoms with van der Waals surface area (Å²) in [5.41, 5.74) is 2.25. The van der Waals surface area contributed by atoms with Crippen LogP contribution in [-0.4, -0.2) is 54.3 Å². The van der Waals surface area contributed by atoms with E-state index in [-0.39, 0.29) is 5.41 Å². The maximum absolute atomic E-state index is 5.88. The Morgan fingerprint density at radius 2 is 2.04 bits per heavy atom. The predicted octanol–water partition coefficient (Wildman–Crippen LogP) is 3.81. The highest BCUT2D eigenvalue weighted by atomic mass is 32.1. The number of hydrogen-bond acceptors (Lipinski definition) is 6. The first-order valence-corrected chi connectivity index (χ1v) is 11.0. The molecule has 0 aromatic carbocycles. The number of rotatable bonds is 7. The van der Waals surface area contributed by atoms with Crippen molar-refractivity contribution in [2.24, 2.45) is 0 Å². The third-order valence-corrected chi connectivity index (χ3v) is 6.90. The van der Waals surface area contributed by atoms with E-state index in [0.29, 0.717) is 0 Å². The molecule has 0 bridgehead atoms. The molecule has 0 unspecified atom stereocenters. The minimum Gasteiger partial charge on any atom is -0.478 e. The van der Waals surface area contributed by atoms with Gasteiger partial charge in [0.1, 0.15) is 5.01 Å². The Bertz CT molecular complexity index is 719. The van der Waals surface area contributed by atoms with Gasteiger partial charge in [-0.3, -0.25) is 0 Å². The Balaban J connectivity index is 1.40. The summed E-state index contributed by atoms with van der Waals surface area (Å²) in [6, 6.07) is 4.19. The van der Waals surface area contributed by atoms with Gasteiger partial charge in [-0.05, 0) is 57.7 Å². The molecule has 0 N–H and O–H groups in total. The fraction of sp³-hybridized carbons (Fsp3) is 0.619. The standard InChI is InChI=1S/C21H29N3O2S/c1-17-16-27-20(23-17)21(7-13-25-14-8-21)18-5-6-19(22-15-18)26-12-4-11-24-9-2-3-10-24/h5-6,15-16H,2-4,7-14H2,1H3. The van der Waals surface area contributed by atoms with Gasteiger partial charge in [-0.2, -0.15) is 0 Å². The van der Waals surface area contributed by atoms with Crippen molar-refractivity contribution in [1.82, 2.24) is 14.9 Å². The summed E-state index contributed by atoms with van der Waals surface area (Å²) < 4.78 is 11.5. The molecule has 6 heteroatoms. The summed E-state index contributed by atoms with van der Waals surface area (Å²) >= 11 is 1.75. The normalized spacial score (nSPS) is 20.0. The van der Waals surface area contributed by atoms with Gasteiger partial charge >= 0.3 is 0 Å². The van der Waals surface area contributed by atoms with Crippen LogP contribution in [0.4, 0.5) is 0 Å². The lowest BCUT2D eigenvalue weighted by molar-refractivity contribution is 0.0628. The van der Waals surface area contributed by atoms with Crippen molar-refractivity contribution < 1.29 is 9.47 Å². The van der Waals surface area contributed by atoms with Crippen LogP contribution < -0.4 is 4.74 Å². The van der Waals surface area contributed by atoms with Crippen molar-refractivity contribution >= 4 is 11.3 Å². The fourth-order valence-electron chi connectivity index (χ4n) is 4.14. The topological polar surface area (TPSA) is 47.5 Å². The number of thiazole rings is 1. The van der Waals surface area contributed by atoms with Crippen molar-refractivity contribution in [2.75, 3.05) is 39.5 Å².